The molecule has 0 saturated carbocycles. The zero-order chi connectivity index (χ0) is 13.7. The summed E-state index contributed by atoms with van der Waals surface area (Å²) in [4.78, 5) is 11.8. The van der Waals surface area contributed by atoms with Gasteiger partial charge in [-0.1, -0.05) is 48.5 Å². The molecule has 0 radical (unpaired) electrons. The third-order valence-corrected chi connectivity index (χ3v) is 3.69. The number of sulfonamides is 1. The number of benzene rings is 2. The van der Waals surface area contributed by atoms with E-state index >= 15 is 0 Å². The molecule has 98 valence electrons. The van der Waals surface area contributed by atoms with E-state index in [4.69, 9.17) is 0 Å². The number of hydrogen-bond donors (Lipinski definition) is 1. The van der Waals surface area contributed by atoms with Gasteiger partial charge in [-0.05, 0) is 17.7 Å². The molecule has 0 aromatic heterocycles. The summed E-state index contributed by atoms with van der Waals surface area (Å²) in [6.07, 6.45) is 0. The Kier molecular flexibility index (Phi) is 3.97. The maximum absolute atomic E-state index is 11.9. The van der Waals surface area contributed by atoms with Crippen LogP contribution in [0.3, 0.4) is 0 Å². The van der Waals surface area contributed by atoms with Crippen LogP contribution in [-0.4, -0.2) is 14.3 Å². The van der Waals surface area contributed by atoms with Crippen LogP contribution >= 0.6 is 0 Å². The molecule has 0 saturated heterocycles. The molecule has 0 bridgehead atoms. The molecule has 4 nitrogen and oxygen atoms in total. The van der Waals surface area contributed by atoms with Crippen LogP contribution in [0.4, 0.5) is 0 Å². The highest BCUT2D eigenvalue weighted by molar-refractivity contribution is 7.89. The van der Waals surface area contributed by atoms with E-state index in [1.54, 1.807) is 60.7 Å². The van der Waals surface area contributed by atoms with Gasteiger partial charge in [0.15, 0.2) is 0 Å². The molecule has 0 fully saturated rings. The van der Waals surface area contributed by atoms with Crippen molar-refractivity contribution in [2.24, 2.45) is 0 Å². The Bertz CT molecular complexity index is 652. The summed E-state index contributed by atoms with van der Waals surface area (Å²) < 4.78 is 25.8. The van der Waals surface area contributed by atoms with Crippen LogP contribution < -0.4 is 4.72 Å². The average molecular weight is 275 g/mol. The molecule has 0 spiro atoms. The van der Waals surface area contributed by atoms with Gasteiger partial charge in [0.1, 0.15) is 0 Å². The Balaban J connectivity index is 2.08. The zero-order valence-electron chi connectivity index (χ0n) is 10.1. The molecule has 5 heteroatoms. The van der Waals surface area contributed by atoms with E-state index in [0.717, 1.165) is 0 Å². The molecule has 0 aliphatic heterocycles. The summed E-state index contributed by atoms with van der Waals surface area (Å²) in [6, 6.07) is 17.0. The van der Waals surface area contributed by atoms with Gasteiger partial charge in [0.05, 0.1) is 5.75 Å². The van der Waals surface area contributed by atoms with Gasteiger partial charge in [-0.15, -0.1) is 0 Å². The molecular formula is C14H13NO3S. The van der Waals surface area contributed by atoms with Gasteiger partial charge in [0, 0.05) is 5.56 Å². The summed E-state index contributed by atoms with van der Waals surface area (Å²) in [7, 11) is -3.68. The van der Waals surface area contributed by atoms with E-state index in [0.29, 0.717) is 11.1 Å². The van der Waals surface area contributed by atoms with Gasteiger partial charge in [-0.3, -0.25) is 4.79 Å². The first-order valence-electron chi connectivity index (χ1n) is 5.71. The van der Waals surface area contributed by atoms with Gasteiger partial charge >= 0.3 is 0 Å². The van der Waals surface area contributed by atoms with Gasteiger partial charge in [0.2, 0.25) is 10.0 Å². The second-order valence-electron chi connectivity index (χ2n) is 4.04. The van der Waals surface area contributed by atoms with Crippen LogP contribution in [0.5, 0.6) is 0 Å². The number of hydrogen-bond acceptors (Lipinski definition) is 3. The smallest absolute Gasteiger partial charge is 0.264 e. The summed E-state index contributed by atoms with van der Waals surface area (Å²) in [5.41, 5.74) is 0.954. The predicted molar refractivity (Wildman–Crippen MR) is 73.0 cm³/mol. The van der Waals surface area contributed by atoms with Gasteiger partial charge < -0.3 is 0 Å². The van der Waals surface area contributed by atoms with Crippen LogP contribution in [0.25, 0.3) is 0 Å². The van der Waals surface area contributed by atoms with Crippen molar-refractivity contribution in [2.75, 3.05) is 0 Å². The minimum atomic E-state index is -3.68. The monoisotopic (exact) mass is 275 g/mol. The first-order chi connectivity index (χ1) is 9.07. The molecule has 1 N–H and O–H groups in total. The van der Waals surface area contributed by atoms with Crippen LogP contribution in [0.1, 0.15) is 15.9 Å². The lowest BCUT2D eigenvalue weighted by molar-refractivity contribution is 0.0981. The van der Waals surface area contributed by atoms with E-state index in [9.17, 15) is 13.2 Å². The first kappa shape index (κ1) is 13.3. The Morgan fingerprint density at radius 1 is 0.895 bits per heavy atom. The number of amides is 1. The van der Waals surface area contributed by atoms with E-state index in [-0.39, 0.29) is 5.75 Å². The van der Waals surface area contributed by atoms with Crippen molar-refractivity contribution in [3.8, 4) is 0 Å². The van der Waals surface area contributed by atoms with Gasteiger partial charge in [0.25, 0.3) is 5.91 Å². The Morgan fingerprint density at radius 2 is 1.42 bits per heavy atom. The van der Waals surface area contributed by atoms with E-state index in [1.165, 1.54) is 0 Å². The second kappa shape index (κ2) is 5.67. The van der Waals surface area contributed by atoms with Crippen LogP contribution in [0.15, 0.2) is 60.7 Å². The number of carbonyl (C=O) groups is 1. The van der Waals surface area contributed by atoms with Crippen molar-refractivity contribution in [3.05, 3.63) is 71.8 Å². The fourth-order valence-corrected chi connectivity index (χ4v) is 2.72. The molecule has 1 amide bonds. The quantitative estimate of drug-likeness (QED) is 0.927. The lowest BCUT2D eigenvalue weighted by atomic mass is 10.2. The highest BCUT2D eigenvalue weighted by atomic mass is 32.2. The Morgan fingerprint density at radius 3 is 2.00 bits per heavy atom. The predicted octanol–water partition coefficient (Wildman–Crippen LogP) is 1.95. The molecule has 2 aromatic rings. The molecule has 2 aromatic carbocycles. The van der Waals surface area contributed by atoms with Gasteiger partial charge in [-0.2, -0.15) is 0 Å². The molecule has 2 rings (SSSR count). The third kappa shape index (κ3) is 3.93. The Labute approximate surface area is 112 Å². The number of carbonyl (C=O) groups excluding carboxylic acids is 1. The van der Waals surface area contributed by atoms with Crippen molar-refractivity contribution in [3.63, 3.8) is 0 Å². The lowest BCUT2D eigenvalue weighted by Gasteiger charge is -2.06. The topological polar surface area (TPSA) is 63.2 Å². The van der Waals surface area contributed by atoms with E-state index < -0.39 is 15.9 Å². The average Bonchev–Trinajstić information content (AvgIpc) is 2.39. The third-order valence-electron chi connectivity index (χ3n) is 2.48. The molecule has 0 heterocycles. The lowest BCUT2D eigenvalue weighted by Crippen LogP contribution is -2.31. The normalized spacial score (nSPS) is 10.9. The molecule has 0 aliphatic rings. The minimum absolute atomic E-state index is 0.216. The number of rotatable bonds is 4. The first-order valence-corrected chi connectivity index (χ1v) is 7.36. The van der Waals surface area contributed by atoms with Crippen molar-refractivity contribution < 1.29 is 13.2 Å². The maximum atomic E-state index is 11.9. The second-order valence-corrected chi connectivity index (χ2v) is 5.76. The van der Waals surface area contributed by atoms with Gasteiger partial charge in [-0.25, -0.2) is 13.1 Å². The van der Waals surface area contributed by atoms with Crippen LogP contribution in [-0.2, 0) is 15.8 Å². The van der Waals surface area contributed by atoms with Crippen LogP contribution in [0, 0.1) is 0 Å². The molecule has 0 atom stereocenters. The molecular weight excluding hydrogens is 262 g/mol. The molecule has 19 heavy (non-hydrogen) atoms. The SMILES string of the molecule is O=C(NS(=O)(=O)Cc1ccccc1)c1ccccc1. The maximum Gasteiger partial charge on any atom is 0.264 e. The highest BCUT2D eigenvalue weighted by Gasteiger charge is 2.16. The summed E-state index contributed by atoms with van der Waals surface area (Å²) in [6.45, 7) is 0. The molecule has 0 unspecified atom stereocenters. The van der Waals surface area contributed by atoms with Crippen molar-refractivity contribution in [2.45, 2.75) is 5.75 Å². The standard InChI is InChI=1S/C14H13NO3S/c16-14(13-9-5-2-6-10-13)15-19(17,18)11-12-7-3-1-4-8-12/h1-10H,11H2,(H,15,16). The van der Waals surface area contributed by atoms with E-state index in [1.807, 2.05) is 0 Å². The molecule has 0 aliphatic carbocycles. The minimum Gasteiger partial charge on any atom is -0.268 e. The number of nitrogens with one attached hydrogen (secondary N) is 1. The fourth-order valence-electron chi connectivity index (χ4n) is 1.62. The highest BCUT2D eigenvalue weighted by Crippen LogP contribution is 2.05. The van der Waals surface area contributed by atoms with Crippen molar-refractivity contribution in [1.82, 2.24) is 4.72 Å². The summed E-state index contributed by atoms with van der Waals surface area (Å²) in [5.74, 6) is -0.830. The largest absolute Gasteiger partial charge is 0.268 e. The van der Waals surface area contributed by atoms with E-state index in [2.05, 4.69) is 4.72 Å². The fraction of sp³-hybridized carbons (Fsp3) is 0.0714. The van der Waals surface area contributed by atoms with Crippen molar-refractivity contribution in [1.29, 1.82) is 0 Å². The Hall–Kier alpha value is -2.14. The van der Waals surface area contributed by atoms with Crippen LogP contribution in [0.2, 0.25) is 0 Å². The summed E-state index contributed by atoms with van der Waals surface area (Å²) in [5, 5.41) is 0. The van der Waals surface area contributed by atoms with Crippen molar-refractivity contribution >= 4 is 15.9 Å². The zero-order valence-corrected chi connectivity index (χ0v) is 10.9. The summed E-state index contributed by atoms with van der Waals surface area (Å²) >= 11 is 0.